The lowest BCUT2D eigenvalue weighted by atomic mass is 9.92. The van der Waals surface area contributed by atoms with E-state index in [1.807, 2.05) is 19.2 Å². The van der Waals surface area contributed by atoms with Crippen LogP contribution in [0.1, 0.15) is 49.4 Å². The fourth-order valence-corrected chi connectivity index (χ4v) is 4.75. The first-order valence-corrected chi connectivity index (χ1v) is 10.9. The maximum Gasteiger partial charge on any atom is 0.335 e. The normalized spacial score (nSPS) is 21.5. The summed E-state index contributed by atoms with van der Waals surface area (Å²) < 4.78 is 5.40. The van der Waals surface area contributed by atoms with Crippen LogP contribution in [0.5, 0.6) is 5.75 Å². The lowest BCUT2D eigenvalue weighted by Gasteiger charge is -2.49. The van der Waals surface area contributed by atoms with Gasteiger partial charge in [-0.1, -0.05) is 19.3 Å². The smallest absolute Gasteiger partial charge is 0.335 e. The van der Waals surface area contributed by atoms with E-state index in [2.05, 4.69) is 22.0 Å². The van der Waals surface area contributed by atoms with Gasteiger partial charge in [0.25, 0.3) is 0 Å². The molecule has 1 fully saturated rings. The second-order valence-corrected chi connectivity index (χ2v) is 8.43. The van der Waals surface area contributed by atoms with Gasteiger partial charge in [-0.2, -0.15) is 0 Å². The second-order valence-electron chi connectivity index (χ2n) is 8.43. The highest BCUT2D eigenvalue weighted by Gasteiger charge is 2.38. The minimum absolute atomic E-state index is 0.0984. The van der Waals surface area contributed by atoms with Crippen molar-refractivity contribution in [2.75, 3.05) is 29.3 Å². The summed E-state index contributed by atoms with van der Waals surface area (Å²) >= 11 is 0. The van der Waals surface area contributed by atoms with Gasteiger partial charge in [-0.15, -0.1) is 0 Å². The first-order chi connectivity index (χ1) is 14.9. The van der Waals surface area contributed by atoms with Crippen LogP contribution in [0.25, 0.3) is 0 Å². The molecule has 0 bridgehead atoms. The number of aromatic nitrogens is 1. The van der Waals surface area contributed by atoms with Gasteiger partial charge in [-0.25, -0.2) is 9.78 Å². The lowest BCUT2D eigenvalue weighted by molar-refractivity contribution is 0.0696. The molecule has 166 valence electrons. The number of benzene rings is 1. The number of nitrogens with one attached hydrogen (secondary N) is 1. The molecule has 0 spiro atoms. The Labute approximate surface area is 183 Å². The van der Waals surface area contributed by atoms with Crippen LogP contribution in [0.2, 0.25) is 0 Å². The number of hydrogen-bond donors (Lipinski definition) is 3. The van der Waals surface area contributed by atoms with E-state index in [4.69, 9.17) is 15.5 Å². The van der Waals surface area contributed by atoms with E-state index in [-0.39, 0.29) is 17.8 Å². The molecule has 2 aliphatic rings. The van der Waals surface area contributed by atoms with Crippen molar-refractivity contribution in [1.29, 1.82) is 0 Å². The van der Waals surface area contributed by atoms with Gasteiger partial charge in [0.1, 0.15) is 11.6 Å². The molecule has 2 atom stereocenters. The van der Waals surface area contributed by atoms with Crippen molar-refractivity contribution in [3.8, 4) is 5.75 Å². The van der Waals surface area contributed by atoms with Crippen LogP contribution < -0.4 is 25.6 Å². The van der Waals surface area contributed by atoms with Crippen LogP contribution in [0, 0.1) is 0 Å². The molecular formula is C23H31N5O3. The lowest BCUT2D eigenvalue weighted by Crippen LogP contribution is -2.61. The molecule has 8 nitrogen and oxygen atoms in total. The van der Waals surface area contributed by atoms with E-state index in [9.17, 15) is 9.90 Å². The number of methoxy groups -OCH3 is 1. The maximum absolute atomic E-state index is 11.3. The third-order valence-electron chi connectivity index (χ3n) is 6.54. The first kappa shape index (κ1) is 21.2. The van der Waals surface area contributed by atoms with Crippen molar-refractivity contribution in [1.82, 2.24) is 4.98 Å². The van der Waals surface area contributed by atoms with E-state index >= 15 is 0 Å². The number of carbonyl (C=O) groups is 1. The molecule has 1 unspecified atom stereocenters. The average Bonchev–Trinajstić information content (AvgIpc) is 2.78. The third kappa shape index (κ3) is 3.99. The van der Waals surface area contributed by atoms with Gasteiger partial charge in [0, 0.05) is 13.1 Å². The number of anilines is 4. The van der Waals surface area contributed by atoms with E-state index < -0.39 is 5.97 Å². The molecule has 2 heterocycles. The predicted octanol–water partition coefficient (Wildman–Crippen LogP) is 3.79. The minimum Gasteiger partial charge on any atom is -0.495 e. The monoisotopic (exact) mass is 425 g/mol. The number of hydrogen-bond acceptors (Lipinski definition) is 7. The Kier molecular flexibility index (Phi) is 5.91. The highest BCUT2D eigenvalue weighted by Crippen LogP contribution is 2.40. The fraction of sp³-hybridized carbons (Fsp3) is 0.478. The van der Waals surface area contributed by atoms with Crippen LogP contribution in [0.4, 0.5) is 23.0 Å². The van der Waals surface area contributed by atoms with Gasteiger partial charge >= 0.3 is 5.97 Å². The van der Waals surface area contributed by atoms with Gasteiger partial charge in [-0.3, -0.25) is 0 Å². The Balaban J connectivity index is 1.69. The summed E-state index contributed by atoms with van der Waals surface area (Å²) in [4.78, 5) is 20.8. The third-order valence-corrected chi connectivity index (χ3v) is 6.54. The summed E-state index contributed by atoms with van der Waals surface area (Å²) in [6.07, 6.45) is 5.98. The first-order valence-electron chi connectivity index (χ1n) is 10.9. The quantitative estimate of drug-likeness (QED) is 0.665. The van der Waals surface area contributed by atoms with Gasteiger partial charge in [-0.05, 0) is 50.1 Å². The molecule has 4 N–H and O–H groups in total. The Morgan fingerprint density at radius 3 is 2.65 bits per heavy atom. The van der Waals surface area contributed by atoms with Crippen LogP contribution in [-0.4, -0.2) is 48.5 Å². The highest BCUT2D eigenvalue weighted by molar-refractivity contribution is 5.89. The molecule has 0 saturated heterocycles. The van der Waals surface area contributed by atoms with Crippen molar-refractivity contribution >= 4 is 29.0 Å². The maximum atomic E-state index is 11.3. The van der Waals surface area contributed by atoms with E-state index in [1.165, 1.54) is 32.4 Å². The Hall–Kier alpha value is -3.00. The zero-order chi connectivity index (χ0) is 22.1. The number of aromatic carboxylic acids is 1. The molecule has 1 aromatic heterocycles. The zero-order valence-electron chi connectivity index (χ0n) is 18.3. The summed E-state index contributed by atoms with van der Waals surface area (Å²) in [5, 5.41) is 12.5. The van der Waals surface area contributed by atoms with Crippen molar-refractivity contribution in [2.45, 2.75) is 57.3 Å². The molecule has 8 heteroatoms. The van der Waals surface area contributed by atoms with Crippen LogP contribution in [-0.2, 0) is 0 Å². The summed E-state index contributed by atoms with van der Waals surface area (Å²) in [5.74, 6) is 1.08. The zero-order valence-corrected chi connectivity index (χ0v) is 18.3. The number of carboxylic acid groups (broad SMARTS) is 1. The molecule has 1 aromatic carbocycles. The summed E-state index contributed by atoms with van der Waals surface area (Å²) in [6, 6.07) is 9.31. The predicted molar refractivity (Wildman–Crippen MR) is 123 cm³/mol. The SMILES string of the molecule is COc1cc(C(=O)O)ccc1Nc1ccc2c(n1)N(C1CCCCC1)[C@H](C)C(N)N2C. The second kappa shape index (κ2) is 8.63. The summed E-state index contributed by atoms with van der Waals surface area (Å²) in [6.45, 7) is 2.17. The van der Waals surface area contributed by atoms with E-state index in [0.29, 0.717) is 23.3 Å². The Morgan fingerprint density at radius 2 is 1.97 bits per heavy atom. The topological polar surface area (TPSA) is 104 Å². The van der Waals surface area contributed by atoms with Crippen LogP contribution in [0.15, 0.2) is 30.3 Å². The van der Waals surface area contributed by atoms with Gasteiger partial charge in [0.15, 0.2) is 5.82 Å². The van der Waals surface area contributed by atoms with E-state index in [0.717, 1.165) is 24.3 Å². The fourth-order valence-electron chi connectivity index (χ4n) is 4.75. The largest absolute Gasteiger partial charge is 0.495 e. The van der Waals surface area contributed by atoms with Crippen molar-refractivity contribution in [3.05, 3.63) is 35.9 Å². The number of ether oxygens (including phenoxy) is 1. The molecule has 0 radical (unpaired) electrons. The minimum atomic E-state index is -0.992. The Bertz CT molecular complexity index is 960. The molecule has 4 rings (SSSR count). The molecule has 0 amide bonds. The summed E-state index contributed by atoms with van der Waals surface area (Å²) in [7, 11) is 3.54. The molecule has 2 aromatic rings. The molecule has 1 aliphatic heterocycles. The van der Waals surface area contributed by atoms with Crippen LogP contribution in [0.3, 0.4) is 0 Å². The number of rotatable bonds is 5. The van der Waals surface area contributed by atoms with Crippen molar-refractivity contribution < 1.29 is 14.6 Å². The molecular weight excluding hydrogens is 394 g/mol. The van der Waals surface area contributed by atoms with Crippen molar-refractivity contribution in [3.63, 3.8) is 0 Å². The molecule has 1 aliphatic carbocycles. The Morgan fingerprint density at radius 1 is 1.23 bits per heavy atom. The standard InChI is InChI=1S/C23H31N5O3/c1-14-21(24)27(2)18-11-12-20(26-22(18)28(14)16-7-5-4-6-8-16)25-17-10-9-15(23(29)30)13-19(17)31-3/h9-14,16,21H,4-8,24H2,1-3H3,(H,25,26)(H,29,30)/t14-,21?/m1/s1. The number of nitrogens with zero attached hydrogens (tertiary/aromatic N) is 3. The van der Waals surface area contributed by atoms with Gasteiger partial charge in [0.2, 0.25) is 0 Å². The van der Waals surface area contributed by atoms with Gasteiger partial charge < -0.3 is 30.7 Å². The summed E-state index contributed by atoms with van der Waals surface area (Å²) in [5.41, 5.74) is 8.41. The van der Waals surface area contributed by atoms with Gasteiger partial charge in [0.05, 0.1) is 36.3 Å². The number of pyridine rings is 1. The number of nitrogens with two attached hydrogens (primary N) is 1. The van der Waals surface area contributed by atoms with Crippen LogP contribution >= 0.6 is 0 Å². The number of carboxylic acids is 1. The molecule has 1 saturated carbocycles. The molecule has 31 heavy (non-hydrogen) atoms. The van der Waals surface area contributed by atoms with E-state index in [1.54, 1.807) is 12.1 Å². The number of fused-ring (bicyclic) bond motifs is 1. The average molecular weight is 426 g/mol. The van der Waals surface area contributed by atoms with Crippen molar-refractivity contribution in [2.24, 2.45) is 5.73 Å². The number of likely N-dealkylation sites (N-methyl/N-ethyl adjacent to an activating group) is 1. The highest BCUT2D eigenvalue weighted by atomic mass is 16.5.